The first-order valence-corrected chi connectivity index (χ1v) is 5.42. The summed E-state index contributed by atoms with van der Waals surface area (Å²) in [5, 5.41) is 9.94. The molecule has 1 fully saturated rings. The molecule has 1 aliphatic carbocycles. The van der Waals surface area contributed by atoms with Crippen LogP contribution in [0.3, 0.4) is 0 Å². The number of ether oxygens (including phenoxy) is 1. The lowest BCUT2D eigenvalue weighted by Gasteiger charge is -2.29. The molecule has 2 unspecified atom stereocenters. The average Bonchev–Trinajstić information content (AvgIpc) is 2.27. The van der Waals surface area contributed by atoms with Gasteiger partial charge in [0.05, 0.1) is 19.1 Å². The van der Waals surface area contributed by atoms with E-state index in [1.165, 1.54) is 26.4 Å². The molecule has 0 saturated heterocycles. The highest BCUT2D eigenvalue weighted by molar-refractivity contribution is 5.72. The number of esters is 1. The van der Waals surface area contributed by atoms with Gasteiger partial charge in [-0.25, -0.2) is 0 Å². The van der Waals surface area contributed by atoms with Crippen LogP contribution in [0.5, 0.6) is 0 Å². The van der Waals surface area contributed by atoms with Crippen LogP contribution in [-0.4, -0.2) is 24.3 Å². The summed E-state index contributed by atoms with van der Waals surface area (Å²) in [5.41, 5.74) is 0. The lowest BCUT2D eigenvalue weighted by molar-refractivity contribution is -0.150. The van der Waals surface area contributed by atoms with Gasteiger partial charge in [0, 0.05) is 0 Å². The molecule has 0 heterocycles. The van der Waals surface area contributed by atoms with E-state index in [4.69, 9.17) is 0 Å². The third kappa shape index (κ3) is 2.71. The first-order chi connectivity index (χ1) is 6.66. The van der Waals surface area contributed by atoms with Crippen LogP contribution in [0.1, 0.15) is 39.0 Å². The molecule has 1 N–H and O–H groups in total. The largest absolute Gasteiger partial charge is 0.469 e. The van der Waals surface area contributed by atoms with Gasteiger partial charge in [-0.1, -0.05) is 19.3 Å². The van der Waals surface area contributed by atoms with Crippen LogP contribution >= 0.6 is 0 Å². The van der Waals surface area contributed by atoms with Gasteiger partial charge in [-0.3, -0.25) is 4.79 Å². The van der Waals surface area contributed by atoms with Gasteiger partial charge in [0.1, 0.15) is 0 Å². The Labute approximate surface area is 85.5 Å². The summed E-state index contributed by atoms with van der Waals surface area (Å²) in [6, 6.07) is 0. The Bertz CT molecular complexity index is 185. The highest BCUT2D eigenvalue weighted by atomic mass is 16.5. The zero-order valence-electron chi connectivity index (χ0n) is 9.03. The van der Waals surface area contributed by atoms with Crippen LogP contribution in [0, 0.1) is 11.8 Å². The van der Waals surface area contributed by atoms with Gasteiger partial charge < -0.3 is 9.84 Å². The van der Waals surface area contributed by atoms with E-state index in [1.807, 2.05) is 0 Å². The molecular formula is C11H20O3. The second kappa shape index (κ2) is 5.35. The Hall–Kier alpha value is -0.570. The highest BCUT2D eigenvalue weighted by Gasteiger charge is 2.30. The zero-order chi connectivity index (χ0) is 10.6. The van der Waals surface area contributed by atoms with E-state index >= 15 is 0 Å². The fourth-order valence-electron chi connectivity index (χ4n) is 2.21. The zero-order valence-corrected chi connectivity index (χ0v) is 9.03. The van der Waals surface area contributed by atoms with Crippen LogP contribution in [0.15, 0.2) is 0 Å². The summed E-state index contributed by atoms with van der Waals surface area (Å²) in [6.07, 6.45) is 5.18. The van der Waals surface area contributed by atoms with Crippen molar-refractivity contribution in [3.8, 4) is 0 Å². The molecule has 82 valence electrons. The number of carbonyl (C=O) groups is 1. The van der Waals surface area contributed by atoms with Crippen molar-refractivity contribution < 1.29 is 14.6 Å². The van der Waals surface area contributed by atoms with Crippen LogP contribution in [0.2, 0.25) is 0 Å². The smallest absolute Gasteiger partial charge is 0.311 e. The monoisotopic (exact) mass is 200 g/mol. The van der Waals surface area contributed by atoms with E-state index in [9.17, 15) is 9.90 Å². The van der Waals surface area contributed by atoms with E-state index in [0.29, 0.717) is 0 Å². The molecule has 1 rings (SSSR count). The molecule has 0 spiro atoms. The molecule has 1 saturated carbocycles. The quantitative estimate of drug-likeness (QED) is 0.706. The maximum atomic E-state index is 11.2. The summed E-state index contributed by atoms with van der Waals surface area (Å²) < 4.78 is 4.63. The van der Waals surface area contributed by atoms with Crippen LogP contribution in [-0.2, 0) is 9.53 Å². The molecule has 3 heteroatoms. The predicted molar refractivity (Wildman–Crippen MR) is 53.8 cm³/mol. The van der Waals surface area contributed by atoms with Crippen molar-refractivity contribution in [2.24, 2.45) is 11.8 Å². The summed E-state index contributed by atoms with van der Waals surface area (Å²) in [4.78, 5) is 11.2. The van der Waals surface area contributed by atoms with Gasteiger partial charge in [0.15, 0.2) is 0 Å². The summed E-state index contributed by atoms with van der Waals surface area (Å²) in [5.74, 6) is -0.399. The highest BCUT2D eigenvalue weighted by Crippen LogP contribution is 2.29. The number of hydrogen-bond donors (Lipinski definition) is 1. The Kier molecular flexibility index (Phi) is 4.39. The predicted octanol–water partition coefficient (Wildman–Crippen LogP) is 1.74. The summed E-state index contributed by atoms with van der Waals surface area (Å²) in [6.45, 7) is 1.74. The van der Waals surface area contributed by atoms with E-state index in [1.54, 1.807) is 6.92 Å². The van der Waals surface area contributed by atoms with E-state index in [0.717, 1.165) is 12.8 Å². The molecular weight excluding hydrogens is 180 g/mol. The Morgan fingerprint density at radius 2 is 1.93 bits per heavy atom. The lowest BCUT2D eigenvalue weighted by atomic mass is 9.81. The molecule has 0 radical (unpaired) electrons. The lowest BCUT2D eigenvalue weighted by Crippen LogP contribution is -2.34. The minimum Gasteiger partial charge on any atom is -0.469 e. The van der Waals surface area contributed by atoms with E-state index < -0.39 is 6.10 Å². The van der Waals surface area contributed by atoms with Crippen molar-refractivity contribution in [3.05, 3.63) is 0 Å². The normalized spacial score (nSPS) is 22.8. The Balaban J connectivity index is 2.45. The molecule has 0 aromatic rings. The third-order valence-corrected chi connectivity index (χ3v) is 3.22. The third-order valence-electron chi connectivity index (χ3n) is 3.22. The first-order valence-electron chi connectivity index (χ1n) is 5.42. The van der Waals surface area contributed by atoms with Crippen molar-refractivity contribution in [2.75, 3.05) is 7.11 Å². The molecule has 0 aliphatic heterocycles. The van der Waals surface area contributed by atoms with E-state index in [2.05, 4.69) is 4.74 Å². The molecule has 14 heavy (non-hydrogen) atoms. The molecule has 2 atom stereocenters. The Morgan fingerprint density at radius 3 is 2.43 bits per heavy atom. The summed E-state index contributed by atoms with van der Waals surface area (Å²) >= 11 is 0. The molecule has 0 aromatic carbocycles. The van der Waals surface area contributed by atoms with E-state index in [-0.39, 0.29) is 17.8 Å². The second-order valence-corrected chi connectivity index (χ2v) is 4.20. The number of aliphatic hydroxyl groups is 1. The number of hydrogen-bond acceptors (Lipinski definition) is 3. The summed E-state index contributed by atoms with van der Waals surface area (Å²) in [7, 11) is 1.37. The van der Waals surface area contributed by atoms with Gasteiger partial charge in [-0.2, -0.15) is 0 Å². The maximum Gasteiger partial charge on any atom is 0.311 e. The standard InChI is InChI=1S/C11H20O3/c1-8(11(13)14-2)10(12)9-6-4-3-5-7-9/h8-10,12H,3-7H2,1-2H3. The van der Waals surface area contributed by atoms with Gasteiger partial charge in [-0.15, -0.1) is 0 Å². The van der Waals surface area contributed by atoms with Gasteiger partial charge in [0.2, 0.25) is 0 Å². The molecule has 1 aliphatic rings. The van der Waals surface area contributed by atoms with Crippen molar-refractivity contribution in [1.82, 2.24) is 0 Å². The van der Waals surface area contributed by atoms with Crippen molar-refractivity contribution in [1.29, 1.82) is 0 Å². The van der Waals surface area contributed by atoms with Crippen LogP contribution in [0.4, 0.5) is 0 Å². The van der Waals surface area contributed by atoms with Crippen molar-refractivity contribution in [3.63, 3.8) is 0 Å². The maximum absolute atomic E-state index is 11.2. The minimum absolute atomic E-state index is 0.290. The first kappa shape index (κ1) is 11.5. The number of carbonyl (C=O) groups excluding carboxylic acids is 1. The fraction of sp³-hybridized carbons (Fsp3) is 0.909. The molecule has 0 amide bonds. The topological polar surface area (TPSA) is 46.5 Å². The van der Waals surface area contributed by atoms with Crippen molar-refractivity contribution >= 4 is 5.97 Å². The van der Waals surface area contributed by atoms with Gasteiger partial charge >= 0.3 is 5.97 Å². The van der Waals surface area contributed by atoms with Crippen LogP contribution in [0.25, 0.3) is 0 Å². The minimum atomic E-state index is -0.525. The fourth-order valence-corrected chi connectivity index (χ4v) is 2.21. The SMILES string of the molecule is COC(=O)C(C)C(O)C1CCCCC1. The average molecular weight is 200 g/mol. The van der Waals surface area contributed by atoms with Gasteiger partial charge in [0.25, 0.3) is 0 Å². The molecule has 0 bridgehead atoms. The van der Waals surface area contributed by atoms with Crippen molar-refractivity contribution in [2.45, 2.75) is 45.1 Å². The Morgan fingerprint density at radius 1 is 1.36 bits per heavy atom. The number of aliphatic hydroxyl groups excluding tert-OH is 1. The number of rotatable bonds is 3. The van der Waals surface area contributed by atoms with Gasteiger partial charge in [-0.05, 0) is 25.7 Å². The second-order valence-electron chi connectivity index (χ2n) is 4.20. The van der Waals surface area contributed by atoms with Crippen LogP contribution < -0.4 is 0 Å². The molecule has 3 nitrogen and oxygen atoms in total. The number of methoxy groups -OCH3 is 1. The molecule has 0 aromatic heterocycles.